The lowest BCUT2D eigenvalue weighted by atomic mass is 10.3. The van der Waals surface area contributed by atoms with Gasteiger partial charge in [-0.05, 0) is 34.1 Å². The Bertz CT molecular complexity index is 355. The first-order chi connectivity index (χ1) is 7.13. The summed E-state index contributed by atoms with van der Waals surface area (Å²) >= 11 is 3.02. The average molecular weight is 277 g/mol. The van der Waals surface area contributed by atoms with Crippen LogP contribution in [0.25, 0.3) is 0 Å². The van der Waals surface area contributed by atoms with Crippen LogP contribution in [0, 0.1) is 5.82 Å². The Morgan fingerprint density at radius 1 is 1.47 bits per heavy atom. The summed E-state index contributed by atoms with van der Waals surface area (Å²) in [6.45, 7) is -0.0612. The molecule has 3 nitrogen and oxygen atoms in total. The van der Waals surface area contributed by atoms with Gasteiger partial charge >= 0.3 is 0 Å². The zero-order valence-electron chi connectivity index (χ0n) is 8.13. The van der Waals surface area contributed by atoms with Crippen LogP contribution in [0.4, 0.5) is 4.39 Å². The highest BCUT2D eigenvalue weighted by Gasteiger charge is 2.04. The molecule has 0 aliphatic carbocycles. The minimum Gasteiger partial charge on any atom is -0.486 e. The van der Waals surface area contributed by atoms with Crippen LogP contribution in [-0.4, -0.2) is 26.1 Å². The summed E-state index contributed by atoms with van der Waals surface area (Å²) in [6, 6.07) is 4.19. The third-order valence-electron chi connectivity index (χ3n) is 1.60. The van der Waals surface area contributed by atoms with Gasteiger partial charge in [-0.15, -0.1) is 0 Å². The molecular weight excluding hydrogens is 267 g/mol. The van der Waals surface area contributed by atoms with Crippen molar-refractivity contribution in [3.05, 3.63) is 28.5 Å². The van der Waals surface area contributed by atoms with Gasteiger partial charge in [0.2, 0.25) is 0 Å². The van der Waals surface area contributed by atoms with Crippen LogP contribution in [0.1, 0.15) is 0 Å². The SMILES string of the molecule is COCC(=O)COc1ccc(F)c(Br)c1. The lowest BCUT2D eigenvalue weighted by Gasteiger charge is -2.05. The number of carbonyl (C=O) groups is 1. The molecule has 1 rings (SSSR count). The van der Waals surface area contributed by atoms with E-state index in [4.69, 9.17) is 4.74 Å². The van der Waals surface area contributed by atoms with E-state index in [2.05, 4.69) is 20.7 Å². The highest BCUT2D eigenvalue weighted by atomic mass is 79.9. The molecule has 1 aromatic carbocycles. The summed E-state index contributed by atoms with van der Waals surface area (Å²) in [5, 5.41) is 0. The van der Waals surface area contributed by atoms with E-state index < -0.39 is 0 Å². The second kappa shape index (κ2) is 5.82. The van der Waals surface area contributed by atoms with Gasteiger partial charge in [0, 0.05) is 7.11 Å². The molecule has 0 saturated carbocycles. The molecule has 0 aromatic heterocycles. The molecule has 0 N–H and O–H groups in total. The van der Waals surface area contributed by atoms with Gasteiger partial charge in [-0.25, -0.2) is 4.39 Å². The summed E-state index contributed by atoms with van der Waals surface area (Å²) < 4.78 is 22.9. The quantitative estimate of drug-likeness (QED) is 0.827. The average Bonchev–Trinajstić information content (AvgIpc) is 2.20. The minimum atomic E-state index is -0.370. The topological polar surface area (TPSA) is 35.5 Å². The van der Waals surface area contributed by atoms with Gasteiger partial charge in [0.25, 0.3) is 0 Å². The maximum atomic E-state index is 12.8. The third-order valence-corrected chi connectivity index (χ3v) is 2.20. The van der Waals surface area contributed by atoms with Gasteiger partial charge in [0.15, 0.2) is 5.78 Å². The van der Waals surface area contributed by atoms with Crippen molar-refractivity contribution >= 4 is 21.7 Å². The normalized spacial score (nSPS) is 10.1. The Hall–Kier alpha value is -0.940. The molecule has 15 heavy (non-hydrogen) atoms. The Labute approximate surface area is 95.3 Å². The second-order valence-corrected chi connectivity index (χ2v) is 3.69. The Morgan fingerprint density at radius 2 is 2.20 bits per heavy atom. The summed E-state index contributed by atoms with van der Waals surface area (Å²) in [7, 11) is 1.44. The van der Waals surface area contributed by atoms with Gasteiger partial charge in [0.1, 0.15) is 24.8 Å². The van der Waals surface area contributed by atoms with Crippen LogP contribution in [0.5, 0.6) is 5.75 Å². The van der Waals surface area contributed by atoms with E-state index in [1.54, 1.807) is 0 Å². The van der Waals surface area contributed by atoms with Crippen molar-refractivity contribution in [2.75, 3.05) is 20.3 Å². The number of hydrogen-bond donors (Lipinski definition) is 0. The molecule has 0 amide bonds. The molecule has 0 saturated heterocycles. The van der Waals surface area contributed by atoms with E-state index in [9.17, 15) is 9.18 Å². The number of ketones is 1. The minimum absolute atomic E-state index is 0.0162. The van der Waals surface area contributed by atoms with Crippen molar-refractivity contribution in [1.82, 2.24) is 0 Å². The first-order valence-corrected chi connectivity index (χ1v) is 5.01. The lowest BCUT2D eigenvalue weighted by Crippen LogP contribution is -2.16. The van der Waals surface area contributed by atoms with Crippen molar-refractivity contribution in [1.29, 1.82) is 0 Å². The number of halogens is 2. The standard InChI is InChI=1S/C10H10BrFO3/c1-14-5-7(13)6-15-8-2-3-10(12)9(11)4-8/h2-4H,5-6H2,1H3. The van der Waals surface area contributed by atoms with Crippen LogP contribution < -0.4 is 4.74 Å². The van der Waals surface area contributed by atoms with Crippen molar-refractivity contribution in [3.8, 4) is 5.75 Å². The fourth-order valence-corrected chi connectivity index (χ4v) is 1.29. The molecule has 0 unspecified atom stereocenters. The number of carbonyl (C=O) groups excluding carboxylic acids is 1. The summed E-state index contributed by atoms with van der Waals surface area (Å²) in [4.78, 5) is 11.0. The van der Waals surface area contributed by atoms with Crippen LogP contribution in [-0.2, 0) is 9.53 Å². The highest BCUT2D eigenvalue weighted by molar-refractivity contribution is 9.10. The maximum Gasteiger partial charge on any atom is 0.195 e. The van der Waals surface area contributed by atoms with E-state index in [1.807, 2.05) is 0 Å². The molecule has 5 heteroatoms. The van der Waals surface area contributed by atoms with Crippen molar-refractivity contribution in [2.24, 2.45) is 0 Å². The third kappa shape index (κ3) is 3.97. The maximum absolute atomic E-state index is 12.8. The first kappa shape index (κ1) is 12.1. The number of rotatable bonds is 5. The number of ether oxygens (including phenoxy) is 2. The van der Waals surface area contributed by atoms with Gasteiger partial charge in [-0.1, -0.05) is 0 Å². The fraction of sp³-hybridized carbons (Fsp3) is 0.300. The largest absolute Gasteiger partial charge is 0.486 e. The Kier molecular flexibility index (Phi) is 4.71. The molecule has 0 bridgehead atoms. The van der Waals surface area contributed by atoms with E-state index >= 15 is 0 Å². The van der Waals surface area contributed by atoms with Gasteiger partial charge in [-0.3, -0.25) is 4.79 Å². The molecule has 0 atom stereocenters. The molecule has 0 aliphatic heterocycles. The molecule has 0 aliphatic rings. The Balaban J connectivity index is 2.51. The number of methoxy groups -OCH3 is 1. The fourth-order valence-electron chi connectivity index (χ4n) is 0.933. The van der Waals surface area contributed by atoms with Crippen LogP contribution in [0.2, 0.25) is 0 Å². The molecule has 82 valence electrons. The predicted octanol–water partition coefficient (Wildman–Crippen LogP) is 2.18. The molecule has 0 heterocycles. The summed E-state index contributed by atoms with van der Waals surface area (Å²) in [6.07, 6.45) is 0. The highest BCUT2D eigenvalue weighted by Crippen LogP contribution is 2.21. The molecule has 0 spiro atoms. The van der Waals surface area contributed by atoms with Gasteiger partial charge in [-0.2, -0.15) is 0 Å². The molecule has 1 aromatic rings. The predicted molar refractivity (Wildman–Crippen MR) is 56.5 cm³/mol. The second-order valence-electron chi connectivity index (χ2n) is 2.84. The number of Topliss-reactive ketones (excluding diaryl/α,β-unsaturated/α-hetero) is 1. The van der Waals surface area contributed by atoms with Crippen LogP contribution in [0.15, 0.2) is 22.7 Å². The lowest BCUT2D eigenvalue weighted by molar-refractivity contribution is -0.124. The number of hydrogen-bond acceptors (Lipinski definition) is 3. The van der Waals surface area contributed by atoms with Crippen LogP contribution >= 0.6 is 15.9 Å². The van der Waals surface area contributed by atoms with Gasteiger partial charge < -0.3 is 9.47 Å². The zero-order valence-corrected chi connectivity index (χ0v) is 9.71. The zero-order chi connectivity index (χ0) is 11.3. The van der Waals surface area contributed by atoms with Crippen molar-refractivity contribution in [3.63, 3.8) is 0 Å². The van der Waals surface area contributed by atoms with E-state index in [1.165, 1.54) is 25.3 Å². The molecular formula is C10H10BrFO3. The monoisotopic (exact) mass is 276 g/mol. The van der Waals surface area contributed by atoms with E-state index in [0.29, 0.717) is 10.2 Å². The Morgan fingerprint density at radius 3 is 2.80 bits per heavy atom. The smallest absolute Gasteiger partial charge is 0.195 e. The summed E-state index contributed by atoms with van der Waals surface area (Å²) in [5.41, 5.74) is 0. The molecule has 0 radical (unpaired) electrons. The van der Waals surface area contributed by atoms with Crippen molar-refractivity contribution in [2.45, 2.75) is 0 Å². The van der Waals surface area contributed by atoms with E-state index in [-0.39, 0.29) is 24.8 Å². The van der Waals surface area contributed by atoms with Gasteiger partial charge in [0.05, 0.1) is 4.47 Å². The number of benzene rings is 1. The van der Waals surface area contributed by atoms with Crippen LogP contribution in [0.3, 0.4) is 0 Å². The molecule has 0 fully saturated rings. The first-order valence-electron chi connectivity index (χ1n) is 4.22. The van der Waals surface area contributed by atoms with Crippen molar-refractivity contribution < 1.29 is 18.7 Å². The summed E-state index contributed by atoms with van der Waals surface area (Å²) in [5.74, 6) is -0.101. The van der Waals surface area contributed by atoms with E-state index in [0.717, 1.165) is 0 Å².